The summed E-state index contributed by atoms with van der Waals surface area (Å²) in [6.45, 7) is 0.159. The summed E-state index contributed by atoms with van der Waals surface area (Å²) in [5.74, 6) is -0.201. The summed E-state index contributed by atoms with van der Waals surface area (Å²) in [4.78, 5) is 33.9. The molecule has 0 spiro atoms. The van der Waals surface area contributed by atoms with E-state index in [0.717, 1.165) is 24.8 Å². The van der Waals surface area contributed by atoms with Crippen LogP contribution in [0.4, 0.5) is 20.7 Å². The molecule has 3 atom stereocenters. The van der Waals surface area contributed by atoms with Crippen molar-refractivity contribution < 1.29 is 32.9 Å². The first-order chi connectivity index (χ1) is 22.3. The highest BCUT2D eigenvalue weighted by molar-refractivity contribution is 6.42. The maximum absolute atomic E-state index is 14.8. The van der Waals surface area contributed by atoms with Crippen LogP contribution in [0.5, 0.6) is 11.5 Å². The first-order valence-corrected chi connectivity index (χ1v) is 15.4. The molecule has 1 fully saturated rings. The molecule has 0 aliphatic heterocycles. The van der Waals surface area contributed by atoms with Crippen molar-refractivity contribution in [1.82, 2.24) is 15.3 Å². The van der Waals surface area contributed by atoms with E-state index in [1.807, 2.05) is 30.3 Å². The van der Waals surface area contributed by atoms with Gasteiger partial charge in [0.05, 0.1) is 47.4 Å². The molecule has 1 aliphatic rings. The number of benzene rings is 3. The van der Waals surface area contributed by atoms with Gasteiger partial charge in [-0.15, -0.1) is 0 Å². The van der Waals surface area contributed by atoms with Crippen molar-refractivity contribution >= 4 is 57.7 Å². The summed E-state index contributed by atoms with van der Waals surface area (Å²) in [6.07, 6.45) is 3.63. The lowest BCUT2D eigenvalue weighted by molar-refractivity contribution is -0.146. The summed E-state index contributed by atoms with van der Waals surface area (Å²) in [5, 5.41) is 6.27. The number of rotatable bonds is 12. The molecule has 1 aromatic heterocycles. The monoisotopic (exact) mass is 670 g/mol. The van der Waals surface area contributed by atoms with Gasteiger partial charge >= 0.3 is 12.1 Å². The summed E-state index contributed by atoms with van der Waals surface area (Å²) < 4.78 is 37.1. The molecule has 5 rings (SSSR count). The Balaban J connectivity index is 1.35. The van der Waals surface area contributed by atoms with E-state index in [9.17, 15) is 14.0 Å². The van der Waals surface area contributed by atoms with Crippen molar-refractivity contribution in [2.24, 2.45) is 11.8 Å². The van der Waals surface area contributed by atoms with Crippen molar-refractivity contribution in [3.63, 3.8) is 0 Å². The topological polar surface area (TPSA) is 121 Å². The highest BCUT2D eigenvalue weighted by atomic mass is 35.5. The Labute approximate surface area is 275 Å². The largest absolute Gasteiger partial charge is 0.493 e. The zero-order valence-electron chi connectivity index (χ0n) is 25.2. The molecule has 0 radical (unpaired) electrons. The second-order valence-electron chi connectivity index (χ2n) is 10.9. The minimum absolute atomic E-state index is 0.00267. The molecule has 13 heteroatoms. The number of esters is 1. The van der Waals surface area contributed by atoms with Gasteiger partial charge in [0.2, 0.25) is 0 Å². The van der Waals surface area contributed by atoms with E-state index in [4.69, 9.17) is 42.1 Å². The third-order valence-electron chi connectivity index (χ3n) is 7.93. The summed E-state index contributed by atoms with van der Waals surface area (Å²) in [7, 11) is 2.87. The maximum Gasteiger partial charge on any atom is 0.407 e. The molecule has 10 nitrogen and oxygen atoms in total. The Morgan fingerprint density at radius 3 is 2.61 bits per heavy atom. The Morgan fingerprint density at radius 2 is 1.85 bits per heavy atom. The number of carbonyl (C=O) groups is 2. The van der Waals surface area contributed by atoms with Gasteiger partial charge in [0, 0.05) is 11.5 Å². The van der Waals surface area contributed by atoms with Crippen LogP contribution >= 0.6 is 23.2 Å². The number of carbonyl (C=O) groups excluding carboxylic acids is 2. The number of hydrogen-bond acceptors (Lipinski definition) is 9. The van der Waals surface area contributed by atoms with E-state index in [0.29, 0.717) is 34.6 Å². The lowest BCUT2D eigenvalue weighted by Gasteiger charge is -2.25. The highest BCUT2D eigenvalue weighted by Gasteiger charge is 2.36. The first kappa shape index (κ1) is 33.0. The van der Waals surface area contributed by atoms with E-state index in [-0.39, 0.29) is 46.8 Å². The number of halogens is 3. The number of amides is 1. The summed E-state index contributed by atoms with van der Waals surface area (Å²) >= 11 is 11.9. The molecular weight excluding hydrogens is 638 g/mol. The Morgan fingerprint density at radius 1 is 1.04 bits per heavy atom. The van der Waals surface area contributed by atoms with Gasteiger partial charge < -0.3 is 29.6 Å². The van der Waals surface area contributed by atoms with E-state index in [2.05, 4.69) is 20.6 Å². The molecule has 3 aromatic carbocycles. The molecule has 1 aliphatic carbocycles. The first-order valence-electron chi connectivity index (χ1n) is 14.7. The third kappa shape index (κ3) is 7.89. The standard InChI is InChI=1S/C33H33Cl2FN4O6/c1-43-27-14-23-26(37-18-38-31(23)40-25-12-11-24(34)29(35)30(25)36)15-28(27)45-17-21(13-20-9-6-10-22(20)32(41)44-2)39-33(42)46-16-19-7-4-3-5-8-19/h3-5,7-8,11-12,14-15,18,20-22H,6,9-10,13,16-17H2,1-2H3,(H,39,42)(H,37,38,40)/t20?,21-,22+/m0/s1. The van der Waals surface area contributed by atoms with E-state index in [1.54, 1.807) is 12.1 Å². The number of fused-ring (bicyclic) bond motifs is 1. The predicted octanol–water partition coefficient (Wildman–Crippen LogP) is 7.48. The molecule has 242 valence electrons. The van der Waals surface area contributed by atoms with Gasteiger partial charge in [0.25, 0.3) is 0 Å². The van der Waals surface area contributed by atoms with E-state index in [1.165, 1.54) is 32.7 Å². The number of methoxy groups -OCH3 is 2. The van der Waals surface area contributed by atoms with Gasteiger partial charge in [-0.1, -0.05) is 60.0 Å². The van der Waals surface area contributed by atoms with E-state index < -0.39 is 18.0 Å². The predicted molar refractivity (Wildman–Crippen MR) is 172 cm³/mol. The number of anilines is 2. The molecule has 46 heavy (non-hydrogen) atoms. The molecule has 1 heterocycles. The summed E-state index contributed by atoms with van der Waals surface area (Å²) in [5.41, 5.74) is 1.42. The van der Waals surface area contributed by atoms with Crippen molar-refractivity contribution in [3.05, 3.63) is 82.4 Å². The van der Waals surface area contributed by atoms with Gasteiger partial charge in [-0.25, -0.2) is 19.2 Å². The van der Waals surface area contributed by atoms with Gasteiger partial charge in [-0.2, -0.15) is 0 Å². The van der Waals surface area contributed by atoms with Crippen LogP contribution in [0.2, 0.25) is 10.0 Å². The molecule has 2 N–H and O–H groups in total. The zero-order valence-corrected chi connectivity index (χ0v) is 26.7. The van der Waals surface area contributed by atoms with Crippen molar-refractivity contribution in [2.75, 3.05) is 26.1 Å². The van der Waals surface area contributed by atoms with Crippen LogP contribution in [-0.2, 0) is 20.9 Å². The molecule has 1 amide bonds. The average Bonchev–Trinajstić information content (AvgIpc) is 3.54. The number of nitrogens with zero attached hydrogens (tertiary/aromatic N) is 2. The second-order valence-corrected chi connectivity index (χ2v) is 11.6. The number of hydrogen-bond donors (Lipinski definition) is 2. The number of nitrogens with one attached hydrogen (secondary N) is 2. The Kier molecular flexibility index (Phi) is 11.0. The van der Waals surface area contributed by atoms with Crippen molar-refractivity contribution in [1.29, 1.82) is 0 Å². The molecule has 1 saturated carbocycles. The molecule has 0 saturated heterocycles. The van der Waals surface area contributed by atoms with Crippen LogP contribution in [0.25, 0.3) is 10.9 Å². The van der Waals surface area contributed by atoms with Crippen LogP contribution < -0.4 is 20.1 Å². The lowest BCUT2D eigenvalue weighted by atomic mass is 9.90. The minimum Gasteiger partial charge on any atom is -0.493 e. The maximum atomic E-state index is 14.8. The number of alkyl carbamates (subject to hydrolysis) is 1. The molecular formula is C33H33Cl2FN4O6. The van der Waals surface area contributed by atoms with Crippen LogP contribution in [0.1, 0.15) is 31.2 Å². The minimum atomic E-state index is -0.717. The molecule has 1 unspecified atom stereocenters. The van der Waals surface area contributed by atoms with Crippen molar-refractivity contribution in [3.8, 4) is 11.5 Å². The smallest absolute Gasteiger partial charge is 0.407 e. The fraction of sp³-hybridized carbons (Fsp3) is 0.333. The second kappa shape index (κ2) is 15.3. The normalized spacial score (nSPS) is 16.5. The van der Waals surface area contributed by atoms with Crippen LogP contribution in [-0.4, -0.2) is 48.9 Å². The van der Waals surface area contributed by atoms with Gasteiger partial charge in [0.1, 0.15) is 25.4 Å². The van der Waals surface area contributed by atoms with Crippen LogP contribution in [0.3, 0.4) is 0 Å². The zero-order chi connectivity index (χ0) is 32.6. The van der Waals surface area contributed by atoms with Crippen molar-refractivity contribution in [2.45, 2.75) is 38.3 Å². The lowest BCUT2D eigenvalue weighted by Crippen LogP contribution is -2.41. The van der Waals surface area contributed by atoms with Crippen LogP contribution in [0, 0.1) is 17.7 Å². The highest BCUT2D eigenvalue weighted by Crippen LogP contribution is 2.38. The fourth-order valence-electron chi connectivity index (χ4n) is 5.62. The van der Waals surface area contributed by atoms with Crippen LogP contribution in [0.15, 0.2) is 60.9 Å². The van der Waals surface area contributed by atoms with E-state index >= 15 is 0 Å². The SMILES string of the molecule is COC(=O)[C@@H]1CCCC1C[C@@H](COc1cc2ncnc(Nc3ccc(Cl)c(Cl)c3F)c2cc1OC)NC(=O)OCc1ccccc1. The van der Waals surface area contributed by atoms with Gasteiger partial charge in [-0.05, 0) is 48.9 Å². The number of ether oxygens (including phenoxy) is 4. The quantitative estimate of drug-likeness (QED) is 0.117. The molecule has 4 aromatic rings. The molecule has 0 bridgehead atoms. The van der Waals surface area contributed by atoms with Gasteiger partial charge in [-0.3, -0.25) is 4.79 Å². The summed E-state index contributed by atoms with van der Waals surface area (Å²) in [6, 6.07) is 15.1. The third-order valence-corrected chi connectivity index (χ3v) is 8.72. The fourth-order valence-corrected chi connectivity index (χ4v) is 5.93. The average molecular weight is 672 g/mol. The number of aromatic nitrogens is 2. The van der Waals surface area contributed by atoms with Gasteiger partial charge in [0.15, 0.2) is 17.3 Å². The Bertz CT molecular complexity index is 1700. The Hall–Kier alpha value is -4.35.